The first kappa shape index (κ1) is 15.0. The van der Waals surface area contributed by atoms with Crippen LogP contribution in [0.3, 0.4) is 0 Å². The van der Waals surface area contributed by atoms with Crippen molar-refractivity contribution < 1.29 is 9.53 Å². The van der Waals surface area contributed by atoms with Crippen molar-refractivity contribution >= 4 is 5.97 Å². The third-order valence-corrected chi connectivity index (χ3v) is 4.47. The highest BCUT2D eigenvalue weighted by molar-refractivity contribution is 5.66. The molecule has 1 fully saturated rings. The first-order valence-corrected chi connectivity index (χ1v) is 7.53. The lowest BCUT2D eigenvalue weighted by molar-refractivity contribution is -0.153. The lowest BCUT2D eigenvalue weighted by atomic mass is 9.88. The van der Waals surface area contributed by atoms with E-state index in [-0.39, 0.29) is 12.1 Å². The van der Waals surface area contributed by atoms with Gasteiger partial charge in [0.25, 0.3) is 0 Å². The zero-order valence-corrected chi connectivity index (χ0v) is 12.7. The van der Waals surface area contributed by atoms with Gasteiger partial charge in [-0.2, -0.15) is 0 Å². The number of piperidine rings is 1. The molecule has 0 N–H and O–H groups in total. The number of likely N-dealkylation sites (tertiary alicyclic amines) is 1. The van der Waals surface area contributed by atoms with Gasteiger partial charge >= 0.3 is 5.97 Å². The zero-order valence-electron chi connectivity index (χ0n) is 12.7. The van der Waals surface area contributed by atoms with E-state index in [1.807, 2.05) is 0 Å². The maximum Gasteiger partial charge on any atom is 0.302 e. The van der Waals surface area contributed by atoms with Gasteiger partial charge < -0.3 is 4.74 Å². The first-order chi connectivity index (χ1) is 9.58. The summed E-state index contributed by atoms with van der Waals surface area (Å²) in [6, 6.07) is 11.1. The molecule has 110 valence electrons. The van der Waals surface area contributed by atoms with Crippen LogP contribution in [0, 0.1) is 5.92 Å². The fourth-order valence-corrected chi connectivity index (χ4v) is 3.02. The Morgan fingerprint density at radius 2 is 2.00 bits per heavy atom. The fraction of sp³-hybridized carbons (Fsp3) is 0.588. The van der Waals surface area contributed by atoms with E-state index in [0.717, 1.165) is 25.9 Å². The quantitative estimate of drug-likeness (QED) is 0.791. The molecular weight excluding hydrogens is 250 g/mol. The number of ether oxygens (including phenoxy) is 1. The summed E-state index contributed by atoms with van der Waals surface area (Å²) in [6.45, 7) is 8.01. The second kappa shape index (κ2) is 6.89. The number of nitrogens with zero attached hydrogens (tertiary/aromatic N) is 1. The molecule has 1 heterocycles. The van der Waals surface area contributed by atoms with E-state index >= 15 is 0 Å². The monoisotopic (exact) mass is 275 g/mol. The summed E-state index contributed by atoms with van der Waals surface area (Å²) in [5.74, 6) is 0.232. The smallest absolute Gasteiger partial charge is 0.302 e. The highest BCUT2D eigenvalue weighted by Crippen LogP contribution is 2.26. The summed E-state index contributed by atoms with van der Waals surface area (Å²) in [4.78, 5) is 13.6. The van der Waals surface area contributed by atoms with Crippen molar-refractivity contribution in [1.29, 1.82) is 0 Å². The maximum absolute atomic E-state index is 11.1. The van der Waals surface area contributed by atoms with Crippen molar-refractivity contribution in [2.75, 3.05) is 13.1 Å². The predicted octanol–water partition coefficient (Wildman–Crippen LogP) is 2.89. The lowest BCUT2D eigenvalue weighted by Gasteiger charge is -2.42. The van der Waals surface area contributed by atoms with Crippen LogP contribution in [-0.4, -0.2) is 36.1 Å². The van der Waals surface area contributed by atoms with Crippen LogP contribution in [0.15, 0.2) is 30.3 Å². The Bertz CT molecular complexity index is 432. The summed E-state index contributed by atoms with van der Waals surface area (Å²) in [5, 5.41) is 0. The molecule has 1 aromatic rings. The molecule has 0 amide bonds. The SMILES string of the molecule is CC(=O)O[C@@H]1CCN(CCc2ccccc2)[C@H](C)[C@H]1C. The van der Waals surface area contributed by atoms with Gasteiger partial charge in [0, 0.05) is 32.0 Å². The Balaban J connectivity index is 1.87. The van der Waals surface area contributed by atoms with Crippen LogP contribution >= 0.6 is 0 Å². The molecule has 1 aliphatic heterocycles. The van der Waals surface area contributed by atoms with Gasteiger partial charge in [-0.15, -0.1) is 0 Å². The molecule has 3 atom stereocenters. The van der Waals surface area contributed by atoms with Gasteiger partial charge in [-0.25, -0.2) is 0 Å². The van der Waals surface area contributed by atoms with Crippen LogP contribution in [-0.2, 0) is 16.0 Å². The molecule has 2 rings (SSSR count). The summed E-state index contributed by atoms with van der Waals surface area (Å²) in [6.07, 6.45) is 2.10. The minimum atomic E-state index is -0.160. The molecule has 0 aromatic heterocycles. The van der Waals surface area contributed by atoms with E-state index in [1.165, 1.54) is 12.5 Å². The average Bonchev–Trinajstić information content (AvgIpc) is 2.44. The highest BCUT2D eigenvalue weighted by Gasteiger charge is 2.33. The van der Waals surface area contributed by atoms with Crippen LogP contribution in [0.5, 0.6) is 0 Å². The van der Waals surface area contributed by atoms with E-state index in [1.54, 1.807) is 0 Å². The lowest BCUT2D eigenvalue weighted by Crippen LogP contribution is -2.50. The Labute approximate surface area is 121 Å². The fourth-order valence-electron chi connectivity index (χ4n) is 3.02. The third-order valence-electron chi connectivity index (χ3n) is 4.47. The predicted molar refractivity (Wildman–Crippen MR) is 80.5 cm³/mol. The molecule has 0 spiro atoms. The van der Waals surface area contributed by atoms with E-state index < -0.39 is 0 Å². The average molecular weight is 275 g/mol. The topological polar surface area (TPSA) is 29.5 Å². The molecule has 0 aliphatic carbocycles. The Morgan fingerprint density at radius 3 is 2.65 bits per heavy atom. The van der Waals surface area contributed by atoms with Gasteiger partial charge in [0.15, 0.2) is 0 Å². The van der Waals surface area contributed by atoms with E-state index in [0.29, 0.717) is 12.0 Å². The highest BCUT2D eigenvalue weighted by atomic mass is 16.5. The van der Waals surface area contributed by atoms with Gasteiger partial charge in [-0.3, -0.25) is 9.69 Å². The molecule has 1 aliphatic rings. The normalized spacial score (nSPS) is 27.2. The number of benzene rings is 1. The van der Waals surface area contributed by atoms with Crippen LogP contribution in [0.25, 0.3) is 0 Å². The molecule has 20 heavy (non-hydrogen) atoms. The van der Waals surface area contributed by atoms with Crippen molar-refractivity contribution in [3.05, 3.63) is 35.9 Å². The van der Waals surface area contributed by atoms with Crippen molar-refractivity contribution in [1.82, 2.24) is 4.90 Å². The van der Waals surface area contributed by atoms with Gasteiger partial charge in [0.2, 0.25) is 0 Å². The molecule has 0 unspecified atom stereocenters. The van der Waals surface area contributed by atoms with Crippen LogP contribution in [0.4, 0.5) is 0 Å². The van der Waals surface area contributed by atoms with Crippen molar-refractivity contribution in [2.24, 2.45) is 5.92 Å². The number of hydrogen-bond donors (Lipinski definition) is 0. The number of esters is 1. The van der Waals surface area contributed by atoms with Crippen LogP contribution in [0.2, 0.25) is 0 Å². The van der Waals surface area contributed by atoms with Crippen molar-refractivity contribution in [2.45, 2.75) is 45.8 Å². The zero-order chi connectivity index (χ0) is 14.5. The number of carbonyl (C=O) groups is 1. The summed E-state index contributed by atoms with van der Waals surface area (Å²) in [7, 11) is 0. The molecule has 3 heteroatoms. The summed E-state index contributed by atoms with van der Waals surface area (Å²) in [5.41, 5.74) is 1.38. The van der Waals surface area contributed by atoms with E-state index in [2.05, 4.69) is 49.1 Å². The van der Waals surface area contributed by atoms with Crippen LogP contribution < -0.4 is 0 Å². The largest absolute Gasteiger partial charge is 0.462 e. The van der Waals surface area contributed by atoms with E-state index in [9.17, 15) is 4.79 Å². The number of rotatable bonds is 4. The maximum atomic E-state index is 11.1. The standard InChI is InChI=1S/C17H25NO2/c1-13-14(2)18(12-10-17(13)20-15(3)19)11-9-16-7-5-4-6-8-16/h4-8,13-14,17H,9-12H2,1-3H3/t13-,14-,17-/m1/s1. The van der Waals surface area contributed by atoms with Crippen LogP contribution in [0.1, 0.15) is 32.8 Å². The molecule has 1 saturated heterocycles. The second-order valence-electron chi connectivity index (χ2n) is 5.81. The number of hydrogen-bond acceptors (Lipinski definition) is 3. The van der Waals surface area contributed by atoms with E-state index in [4.69, 9.17) is 4.74 Å². The molecule has 0 bridgehead atoms. The molecular formula is C17H25NO2. The summed E-state index contributed by atoms with van der Waals surface area (Å²) < 4.78 is 5.42. The molecule has 1 aromatic carbocycles. The minimum absolute atomic E-state index is 0.0791. The summed E-state index contributed by atoms with van der Waals surface area (Å²) >= 11 is 0. The van der Waals surface area contributed by atoms with Gasteiger partial charge in [-0.1, -0.05) is 37.3 Å². The van der Waals surface area contributed by atoms with Crippen molar-refractivity contribution in [3.63, 3.8) is 0 Å². The third kappa shape index (κ3) is 3.83. The minimum Gasteiger partial charge on any atom is -0.462 e. The first-order valence-electron chi connectivity index (χ1n) is 7.53. The molecule has 0 radical (unpaired) electrons. The van der Waals surface area contributed by atoms with Gasteiger partial charge in [-0.05, 0) is 25.3 Å². The Hall–Kier alpha value is -1.35. The van der Waals surface area contributed by atoms with Gasteiger partial charge in [0.1, 0.15) is 6.10 Å². The molecule has 0 saturated carbocycles. The Morgan fingerprint density at radius 1 is 1.30 bits per heavy atom. The number of carbonyl (C=O) groups excluding carboxylic acids is 1. The second-order valence-corrected chi connectivity index (χ2v) is 5.81. The Kier molecular flexibility index (Phi) is 5.18. The molecule has 3 nitrogen and oxygen atoms in total. The van der Waals surface area contributed by atoms with Gasteiger partial charge in [0.05, 0.1) is 0 Å². The van der Waals surface area contributed by atoms with Crippen molar-refractivity contribution in [3.8, 4) is 0 Å².